The first kappa shape index (κ1) is 7.55. The molecule has 11 heavy (non-hydrogen) atoms. The van der Waals surface area contributed by atoms with Crippen molar-refractivity contribution >= 4 is 10.1 Å². The molecule has 3 unspecified atom stereocenters. The van der Waals surface area contributed by atoms with Crippen LogP contribution in [0.4, 0.5) is 0 Å². The van der Waals surface area contributed by atoms with E-state index in [1.807, 2.05) is 0 Å². The lowest BCUT2D eigenvalue weighted by Gasteiger charge is -2.17. The second kappa shape index (κ2) is 2.20. The molecular formula is C7H12O3S. The largest absolute Gasteiger partial charge is 0.285 e. The van der Waals surface area contributed by atoms with Crippen LogP contribution in [-0.4, -0.2) is 18.2 Å². The molecule has 2 bridgehead atoms. The Kier molecular flexibility index (Phi) is 1.51. The van der Waals surface area contributed by atoms with E-state index in [0.717, 1.165) is 19.3 Å². The smallest absolute Gasteiger partial charge is 0.268 e. The third-order valence-electron chi connectivity index (χ3n) is 3.06. The Balaban J connectivity index is 2.21. The van der Waals surface area contributed by atoms with Gasteiger partial charge in [0.1, 0.15) is 0 Å². The predicted octanol–water partition coefficient (Wildman–Crippen LogP) is 1.06. The Morgan fingerprint density at radius 3 is 2.18 bits per heavy atom. The van der Waals surface area contributed by atoms with Crippen LogP contribution >= 0.6 is 0 Å². The molecule has 0 radical (unpaired) electrons. The van der Waals surface area contributed by atoms with Gasteiger partial charge in [-0.3, -0.25) is 4.55 Å². The first-order chi connectivity index (χ1) is 5.07. The van der Waals surface area contributed by atoms with E-state index in [4.69, 9.17) is 4.55 Å². The van der Waals surface area contributed by atoms with Crippen LogP contribution < -0.4 is 0 Å². The second-order valence-electron chi connectivity index (χ2n) is 3.73. The fourth-order valence-electron chi connectivity index (χ4n) is 2.55. The first-order valence-electron chi connectivity index (χ1n) is 4.03. The maximum atomic E-state index is 10.8. The quantitative estimate of drug-likeness (QED) is 0.608. The normalized spacial score (nSPS) is 43.2. The van der Waals surface area contributed by atoms with Crippen molar-refractivity contribution in [3.8, 4) is 0 Å². The summed E-state index contributed by atoms with van der Waals surface area (Å²) in [4.78, 5) is 0. The van der Waals surface area contributed by atoms with Gasteiger partial charge in [-0.1, -0.05) is 6.42 Å². The molecule has 0 aromatic heterocycles. The van der Waals surface area contributed by atoms with Gasteiger partial charge in [0.25, 0.3) is 10.1 Å². The van der Waals surface area contributed by atoms with Crippen molar-refractivity contribution in [3.05, 3.63) is 0 Å². The molecule has 3 atom stereocenters. The molecule has 0 aliphatic heterocycles. The van der Waals surface area contributed by atoms with Crippen molar-refractivity contribution in [2.24, 2.45) is 11.8 Å². The Labute approximate surface area is 66.5 Å². The third-order valence-corrected chi connectivity index (χ3v) is 4.40. The molecule has 0 aromatic rings. The first-order valence-corrected chi connectivity index (χ1v) is 5.54. The van der Waals surface area contributed by atoms with Crippen molar-refractivity contribution in [2.45, 2.75) is 30.9 Å². The fraction of sp³-hybridized carbons (Fsp3) is 1.00. The molecule has 2 rings (SSSR count). The van der Waals surface area contributed by atoms with Crippen LogP contribution in [0, 0.1) is 11.8 Å². The molecule has 0 amide bonds. The van der Waals surface area contributed by atoms with E-state index in [2.05, 4.69) is 0 Å². The van der Waals surface area contributed by atoms with Crippen molar-refractivity contribution in [1.29, 1.82) is 0 Å². The summed E-state index contributed by atoms with van der Waals surface area (Å²) >= 11 is 0. The van der Waals surface area contributed by atoms with E-state index in [1.54, 1.807) is 0 Å². The number of hydrogen-bond donors (Lipinski definition) is 1. The van der Waals surface area contributed by atoms with Crippen molar-refractivity contribution in [1.82, 2.24) is 0 Å². The number of fused-ring (bicyclic) bond motifs is 2. The Hall–Kier alpha value is -0.0900. The van der Waals surface area contributed by atoms with Crippen molar-refractivity contribution in [2.75, 3.05) is 0 Å². The van der Waals surface area contributed by atoms with Gasteiger partial charge in [-0.05, 0) is 31.1 Å². The van der Waals surface area contributed by atoms with E-state index in [-0.39, 0.29) is 5.92 Å². The van der Waals surface area contributed by atoms with Crippen LogP contribution in [0.1, 0.15) is 25.7 Å². The summed E-state index contributed by atoms with van der Waals surface area (Å²) in [5.74, 6) is 0.835. The third kappa shape index (κ3) is 1.18. The lowest BCUT2D eigenvalue weighted by atomic mass is 10.0. The molecule has 0 spiro atoms. The summed E-state index contributed by atoms with van der Waals surface area (Å²) in [6.45, 7) is 0. The monoisotopic (exact) mass is 176 g/mol. The molecule has 2 aliphatic rings. The second-order valence-corrected chi connectivity index (χ2v) is 5.36. The van der Waals surface area contributed by atoms with Crippen LogP contribution in [0.3, 0.4) is 0 Å². The highest BCUT2D eigenvalue weighted by molar-refractivity contribution is 7.86. The van der Waals surface area contributed by atoms with Gasteiger partial charge >= 0.3 is 0 Å². The zero-order valence-electron chi connectivity index (χ0n) is 6.23. The molecule has 4 heteroatoms. The fourth-order valence-corrected chi connectivity index (χ4v) is 3.80. The van der Waals surface area contributed by atoms with Gasteiger partial charge < -0.3 is 0 Å². The van der Waals surface area contributed by atoms with Gasteiger partial charge in [-0.25, -0.2) is 0 Å². The highest BCUT2D eigenvalue weighted by Crippen LogP contribution is 2.46. The van der Waals surface area contributed by atoms with Crippen LogP contribution in [0.15, 0.2) is 0 Å². The van der Waals surface area contributed by atoms with Crippen LogP contribution in [-0.2, 0) is 10.1 Å². The van der Waals surface area contributed by atoms with E-state index < -0.39 is 15.4 Å². The van der Waals surface area contributed by atoms with E-state index in [1.165, 1.54) is 0 Å². The highest BCUT2D eigenvalue weighted by atomic mass is 32.2. The molecule has 1 N–H and O–H groups in total. The van der Waals surface area contributed by atoms with Gasteiger partial charge in [0.05, 0.1) is 5.25 Å². The van der Waals surface area contributed by atoms with E-state index in [0.29, 0.717) is 12.3 Å². The van der Waals surface area contributed by atoms with Gasteiger partial charge in [0.15, 0.2) is 0 Å². The van der Waals surface area contributed by atoms with Crippen molar-refractivity contribution in [3.63, 3.8) is 0 Å². The summed E-state index contributed by atoms with van der Waals surface area (Å²) in [6.07, 6.45) is 3.87. The Morgan fingerprint density at radius 2 is 1.91 bits per heavy atom. The van der Waals surface area contributed by atoms with Crippen molar-refractivity contribution < 1.29 is 13.0 Å². The topological polar surface area (TPSA) is 54.4 Å². The summed E-state index contributed by atoms with van der Waals surface area (Å²) in [5, 5.41) is -0.429. The standard InChI is InChI=1S/C7H12O3S/c8-11(9,10)7-4-5-1-2-6(7)3-5/h5-7H,1-4H2,(H,8,9,10). The summed E-state index contributed by atoms with van der Waals surface area (Å²) in [6, 6.07) is 0. The van der Waals surface area contributed by atoms with Crippen LogP contribution in [0.2, 0.25) is 0 Å². The summed E-state index contributed by atoms with van der Waals surface area (Å²) < 4.78 is 30.4. The zero-order chi connectivity index (χ0) is 8.06. The number of rotatable bonds is 1. The predicted molar refractivity (Wildman–Crippen MR) is 40.8 cm³/mol. The molecule has 2 aliphatic carbocycles. The average molecular weight is 176 g/mol. The molecule has 3 nitrogen and oxygen atoms in total. The molecule has 0 heterocycles. The molecular weight excluding hydrogens is 164 g/mol. The Morgan fingerprint density at radius 1 is 1.18 bits per heavy atom. The summed E-state index contributed by atoms with van der Waals surface area (Å²) in [7, 11) is -3.73. The lowest BCUT2D eigenvalue weighted by molar-refractivity contribution is 0.414. The van der Waals surface area contributed by atoms with E-state index >= 15 is 0 Å². The minimum Gasteiger partial charge on any atom is -0.285 e. The van der Waals surface area contributed by atoms with Crippen LogP contribution in [0.5, 0.6) is 0 Å². The van der Waals surface area contributed by atoms with Gasteiger partial charge in [-0.15, -0.1) is 0 Å². The van der Waals surface area contributed by atoms with E-state index in [9.17, 15) is 8.42 Å². The highest BCUT2D eigenvalue weighted by Gasteiger charge is 2.45. The van der Waals surface area contributed by atoms with Gasteiger partial charge in [0, 0.05) is 0 Å². The minimum absolute atomic E-state index is 0.259. The van der Waals surface area contributed by atoms with Crippen LogP contribution in [0.25, 0.3) is 0 Å². The maximum absolute atomic E-state index is 10.8. The molecule has 0 aromatic carbocycles. The molecule has 0 saturated heterocycles. The SMILES string of the molecule is O=S(=O)(O)C1CC2CCC1C2. The number of hydrogen-bond acceptors (Lipinski definition) is 2. The lowest BCUT2D eigenvalue weighted by Crippen LogP contribution is -2.26. The zero-order valence-corrected chi connectivity index (χ0v) is 7.05. The van der Waals surface area contributed by atoms with Gasteiger partial charge in [-0.2, -0.15) is 8.42 Å². The van der Waals surface area contributed by atoms with Gasteiger partial charge in [0.2, 0.25) is 0 Å². The molecule has 2 fully saturated rings. The molecule has 2 saturated carbocycles. The minimum atomic E-state index is -3.73. The molecule has 64 valence electrons. The average Bonchev–Trinajstić information content (AvgIpc) is 2.42. The Bertz CT molecular complexity index is 257. The summed E-state index contributed by atoms with van der Waals surface area (Å²) in [5.41, 5.74) is 0. The maximum Gasteiger partial charge on any atom is 0.268 e.